The van der Waals surface area contributed by atoms with Gasteiger partial charge in [-0.15, -0.1) is 0 Å². The first-order valence-electron chi connectivity index (χ1n) is 5.74. The van der Waals surface area contributed by atoms with Crippen LogP contribution in [0, 0.1) is 0 Å². The van der Waals surface area contributed by atoms with Crippen LogP contribution in [0.2, 0.25) is 0 Å². The number of anilines is 2. The summed E-state index contributed by atoms with van der Waals surface area (Å²) in [6.07, 6.45) is 1.72. The Kier molecular flexibility index (Phi) is 2.45. The maximum atomic E-state index is 11.4. The van der Waals surface area contributed by atoms with E-state index in [2.05, 4.69) is 0 Å². The molecule has 0 aliphatic carbocycles. The summed E-state index contributed by atoms with van der Waals surface area (Å²) in [7, 11) is 0. The van der Waals surface area contributed by atoms with Gasteiger partial charge < -0.3 is 4.79 Å². The zero-order valence-corrected chi connectivity index (χ0v) is 9.61. The Labute approximate surface area is 105 Å². The predicted octanol–water partition coefficient (Wildman–Crippen LogP) is 2.63. The van der Waals surface area contributed by atoms with E-state index < -0.39 is 0 Å². The monoisotopic (exact) mass is 237 g/mol. The molecule has 3 heteroatoms. The second-order valence-electron chi connectivity index (χ2n) is 4.21. The molecule has 2 aromatic carbocycles. The molecule has 88 valence electrons. The third-order valence-electron chi connectivity index (χ3n) is 3.30. The molecule has 1 aliphatic rings. The quantitative estimate of drug-likeness (QED) is 0.753. The second kappa shape index (κ2) is 4.11. The molecule has 0 aromatic heterocycles. The van der Waals surface area contributed by atoms with Gasteiger partial charge in [0.2, 0.25) is 6.41 Å². The van der Waals surface area contributed by atoms with E-state index in [1.54, 1.807) is 4.90 Å². The Morgan fingerprint density at radius 2 is 1.33 bits per heavy atom. The molecule has 3 rings (SSSR count). The van der Waals surface area contributed by atoms with Crippen molar-refractivity contribution in [2.45, 2.75) is 5.92 Å². The van der Waals surface area contributed by atoms with E-state index in [0.717, 1.165) is 35.2 Å². The number of hydrogen-bond donors (Lipinski definition) is 0. The second-order valence-corrected chi connectivity index (χ2v) is 4.21. The number of rotatable bonds is 2. The van der Waals surface area contributed by atoms with Crippen LogP contribution in [0.3, 0.4) is 0 Å². The van der Waals surface area contributed by atoms with Gasteiger partial charge in [0, 0.05) is 0 Å². The highest BCUT2D eigenvalue weighted by molar-refractivity contribution is 5.95. The van der Waals surface area contributed by atoms with Crippen LogP contribution in [0.25, 0.3) is 0 Å². The molecule has 0 saturated heterocycles. The normalized spacial score (nSPS) is 13.7. The van der Waals surface area contributed by atoms with Crippen molar-refractivity contribution >= 4 is 24.1 Å². The first kappa shape index (κ1) is 10.7. The van der Waals surface area contributed by atoms with Gasteiger partial charge in [0.05, 0.1) is 17.3 Å². The fourth-order valence-corrected chi connectivity index (χ4v) is 2.50. The molecule has 0 spiro atoms. The van der Waals surface area contributed by atoms with Gasteiger partial charge in [-0.1, -0.05) is 36.4 Å². The maximum absolute atomic E-state index is 11.4. The largest absolute Gasteiger partial charge is 0.302 e. The molecule has 0 unspecified atom stereocenters. The number of amides is 1. The van der Waals surface area contributed by atoms with Crippen molar-refractivity contribution in [3.63, 3.8) is 0 Å². The number of carbonyl (C=O) groups excluding carboxylic acids is 2. The topological polar surface area (TPSA) is 37.4 Å². The lowest BCUT2D eigenvalue weighted by atomic mass is 9.86. The highest BCUT2D eigenvalue weighted by Crippen LogP contribution is 2.43. The fourth-order valence-electron chi connectivity index (χ4n) is 2.50. The summed E-state index contributed by atoms with van der Waals surface area (Å²) in [4.78, 5) is 24.3. The summed E-state index contributed by atoms with van der Waals surface area (Å²) >= 11 is 0. The lowest BCUT2D eigenvalue weighted by Gasteiger charge is -2.31. The minimum absolute atomic E-state index is 0.298. The van der Waals surface area contributed by atoms with E-state index >= 15 is 0 Å². The SMILES string of the molecule is O=CC1c2ccccc2N(C=O)c2ccccc21. The Balaban J connectivity index is 2.31. The number of benzene rings is 2. The van der Waals surface area contributed by atoms with Gasteiger partial charge in [-0.3, -0.25) is 9.69 Å². The van der Waals surface area contributed by atoms with Gasteiger partial charge in [-0.05, 0) is 23.3 Å². The molecule has 0 fully saturated rings. The standard InChI is InChI=1S/C15H11NO2/c17-9-13-11-5-1-3-7-14(11)16(10-18)15-8-4-2-6-12(13)15/h1-10,13H. The summed E-state index contributed by atoms with van der Waals surface area (Å²) in [5, 5.41) is 0. The van der Waals surface area contributed by atoms with E-state index in [-0.39, 0.29) is 5.92 Å². The lowest BCUT2D eigenvalue weighted by molar-refractivity contribution is -0.109. The summed E-state index contributed by atoms with van der Waals surface area (Å²) < 4.78 is 0. The molecule has 1 heterocycles. The van der Waals surface area contributed by atoms with Gasteiger partial charge in [0.1, 0.15) is 6.29 Å². The number of fused-ring (bicyclic) bond motifs is 2. The van der Waals surface area contributed by atoms with E-state index in [1.165, 1.54) is 0 Å². The minimum Gasteiger partial charge on any atom is -0.302 e. The Morgan fingerprint density at radius 1 is 0.833 bits per heavy atom. The van der Waals surface area contributed by atoms with Gasteiger partial charge >= 0.3 is 0 Å². The number of aldehydes is 1. The molecule has 0 atom stereocenters. The summed E-state index contributed by atoms with van der Waals surface area (Å²) in [5.41, 5.74) is 3.31. The molecule has 0 N–H and O–H groups in total. The van der Waals surface area contributed by atoms with Crippen LogP contribution in [-0.4, -0.2) is 12.7 Å². The summed E-state index contributed by atoms with van der Waals surface area (Å²) in [6.45, 7) is 0. The van der Waals surface area contributed by atoms with Crippen LogP contribution in [-0.2, 0) is 9.59 Å². The smallest absolute Gasteiger partial charge is 0.218 e. The van der Waals surface area contributed by atoms with Crippen LogP contribution in [0.5, 0.6) is 0 Å². The number of nitrogens with zero attached hydrogens (tertiary/aromatic N) is 1. The first-order chi connectivity index (χ1) is 8.86. The van der Waals surface area contributed by atoms with Crippen LogP contribution >= 0.6 is 0 Å². The van der Waals surface area contributed by atoms with Crippen molar-refractivity contribution in [2.24, 2.45) is 0 Å². The third kappa shape index (κ3) is 1.37. The average molecular weight is 237 g/mol. The number of para-hydroxylation sites is 2. The lowest BCUT2D eigenvalue weighted by Crippen LogP contribution is -2.24. The summed E-state index contributed by atoms with van der Waals surface area (Å²) in [6, 6.07) is 15.0. The first-order valence-corrected chi connectivity index (χ1v) is 5.74. The molecule has 2 aromatic rings. The van der Waals surface area contributed by atoms with Crippen molar-refractivity contribution in [1.29, 1.82) is 0 Å². The Morgan fingerprint density at radius 3 is 1.78 bits per heavy atom. The van der Waals surface area contributed by atoms with Crippen molar-refractivity contribution in [3.8, 4) is 0 Å². The molecule has 0 radical (unpaired) electrons. The summed E-state index contributed by atoms with van der Waals surface area (Å²) in [5.74, 6) is -0.298. The Hall–Kier alpha value is -2.42. The van der Waals surface area contributed by atoms with Gasteiger partial charge in [-0.25, -0.2) is 0 Å². The maximum Gasteiger partial charge on any atom is 0.218 e. The minimum atomic E-state index is -0.298. The van der Waals surface area contributed by atoms with Gasteiger partial charge in [0.15, 0.2) is 0 Å². The van der Waals surface area contributed by atoms with E-state index in [9.17, 15) is 9.59 Å². The van der Waals surface area contributed by atoms with Crippen LogP contribution < -0.4 is 4.90 Å². The van der Waals surface area contributed by atoms with Crippen LogP contribution in [0.1, 0.15) is 17.0 Å². The molecular formula is C15H11NO2. The van der Waals surface area contributed by atoms with Crippen molar-refractivity contribution < 1.29 is 9.59 Å². The average Bonchev–Trinajstić information content (AvgIpc) is 2.44. The van der Waals surface area contributed by atoms with E-state index in [0.29, 0.717) is 0 Å². The van der Waals surface area contributed by atoms with Gasteiger partial charge in [-0.2, -0.15) is 0 Å². The van der Waals surface area contributed by atoms with E-state index in [4.69, 9.17) is 0 Å². The molecule has 0 saturated carbocycles. The van der Waals surface area contributed by atoms with Gasteiger partial charge in [0.25, 0.3) is 0 Å². The highest BCUT2D eigenvalue weighted by atomic mass is 16.1. The van der Waals surface area contributed by atoms with Crippen molar-refractivity contribution in [1.82, 2.24) is 0 Å². The molecule has 1 amide bonds. The molecule has 18 heavy (non-hydrogen) atoms. The molecule has 0 bridgehead atoms. The zero-order valence-electron chi connectivity index (χ0n) is 9.61. The van der Waals surface area contributed by atoms with Crippen molar-refractivity contribution in [2.75, 3.05) is 4.90 Å². The fraction of sp³-hybridized carbons (Fsp3) is 0.0667. The zero-order chi connectivity index (χ0) is 12.5. The highest BCUT2D eigenvalue weighted by Gasteiger charge is 2.29. The number of hydrogen-bond acceptors (Lipinski definition) is 2. The molecule has 3 nitrogen and oxygen atoms in total. The molecule has 1 aliphatic heterocycles. The number of carbonyl (C=O) groups is 2. The van der Waals surface area contributed by atoms with Crippen LogP contribution in [0.4, 0.5) is 11.4 Å². The third-order valence-corrected chi connectivity index (χ3v) is 3.30. The predicted molar refractivity (Wildman–Crippen MR) is 69.0 cm³/mol. The Bertz CT molecular complexity index is 520. The molecular weight excluding hydrogens is 226 g/mol. The van der Waals surface area contributed by atoms with Crippen LogP contribution in [0.15, 0.2) is 48.5 Å². The van der Waals surface area contributed by atoms with E-state index in [1.807, 2.05) is 48.5 Å². The van der Waals surface area contributed by atoms with Crippen molar-refractivity contribution in [3.05, 3.63) is 59.7 Å².